The van der Waals surface area contributed by atoms with Gasteiger partial charge in [0.05, 0.1) is 28.3 Å². The maximum atomic E-state index is 11.5. The fourth-order valence-electron chi connectivity index (χ4n) is 5.98. The van der Waals surface area contributed by atoms with Gasteiger partial charge in [-0.25, -0.2) is 4.79 Å². The SMILES string of the molecule is O=C(O)c1cc(CO)cc(C2CSC(N3CC4C(/C=C/c5c(-c6c(Cl)cncc6Cl)noc5C5CC5)C4C3)=N2)c1. The van der Waals surface area contributed by atoms with Crippen molar-refractivity contribution in [1.29, 1.82) is 0 Å². The van der Waals surface area contributed by atoms with E-state index in [4.69, 9.17) is 32.7 Å². The molecule has 2 saturated carbocycles. The van der Waals surface area contributed by atoms with Crippen molar-refractivity contribution in [2.45, 2.75) is 31.4 Å². The minimum absolute atomic E-state index is 0.114. The Morgan fingerprint density at radius 2 is 1.90 bits per heavy atom. The van der Waals surface area contributed by atoms with Gasteiger partial charge in [0.1, 0.15) is 11.5 Å². The predicted octanol–water partition coefficient (Wildman–Crippen LogP) is 6.15. The third kappa shape index (κ3) is 4.72. The van der Waals surface area contributed by atoms with Gasteiger partial charge in [0.2, 0.25) is 0 Å². The van der Waals surface area contributed by atoms with Gasteiger partial charge in [-0.05, 0) is 53.9 Å². The molecule has 3 aromatic rings. The quantitative estimate of drug-likeness (QED) is 0.334. The van der Waals surface area contributed by atoms with Crippen molar-refractivity contribution in [1.82, 2.24) is 15.0 Å². The molecule has 7 rings (SSSR count). The first-order chi connectivity index (χ1) is 19.4. The van der Waals surface area contributed by atoms with Gasteiger partial charge in [0.25, 0.3) is 0 Å². The molecule has 1 saturated heterocycles. The van der Waals surface area contributed by atoms with E-state index in [0.717, 1.165) is 53.7 Å². The lowest BCUT2D eigenvalue weighted by Gasteiger charge is -2.20. The third-order valence-corrected chi connectivity index (χ3v) is 9.95. The lowest BCUT2D eigenvalue weighted by Crippen LogP contribution is -2.28. The minimum Gasteiger partial charge on any atom is -0.478 e. The highest BCUT2D eigenvalue weighted by molar-refractivity contribution is 8.14. The highest BCUT2D eigenvalue weighted by atomic mass is 35.5. The summed E-state index contributed by atoms with van der Waals surface area (Å²) >= 11 is 14.6. The number of benzene rings is 1. The molecule has 0 spiro atoms. The van der Waals surface area contributed by atoms with Gasteiger partial charge in [0, 0.05) is 48.3 Å². The molecule has 3 fully saturated rings. The Morgan fingerprint density at radius 3 is 2.58 bits per heavy atom. The number of allylic oxidation sites excluding steroid dienone is 1. The normalized spacial score (nSPS) is 25.5. The number of aliphatic hydroxyl groups is 1. The van der Waals surface area contributed by atoms with Gasteiger partial charge >= 0.3 is 5.97 Å². The number of rotatable bonds is 7. The fourth-order valence-corrected chi connectivity index (χ4v) is 7.63. The van der Waals surface area contributed by atoms with Crippen LogP contribution in [0.2, 0.25) is 10.0 Å². The number of carboxylic acids is 1. The monoisotopic (exact) mass is 596 g/mol. The molecule has 3 atom stereocenters. The van der Waals surface area contributed by atoms with Crippen molar-refractivity contribution in [3.05, 3.63) is 74.7 Å². The number of aromatic nitrogens is 2. The molecule has 0 amide bonds. The summed E-state index contributed by atoms with van der Waals surface area (Å²) in [6.07, 6.45) is 9.78. The van der Waals surface area contributed by atoms with Crippen molar-refractivity contribution >= 4 is 52.2 Å². The van der Waals surface area contributed by atoms with Gasteiger partial charge in [-0.15, -0.1) is 0 Å². The third-order valence-electron chi connectivity index (χ3n) is 8.28. The zero-order valence-electron chi connectivity index (χ0n) is 21.3. The molecule has 206 valence electrons. The summed E-state index contributed by atoms with van der Waals surface area (Å²) in [5, 5.41) is 25.3. The van der Waals surface area contributed by atoms with Crippen LogP contribution in [0.25, 0.3) is 17.3 Å². The summed E-state index contributed by atoms with van der Waals surface area (Å²) in [6.45, 7) is 1.70. The molecule has 2 aliphatic carbocycles. The summed E-state index contributed by atoms with van der Waals surface area (Å²) < 4.78 is 5.78. The number of aliphatic hydroxyl groups excluding tert-OH is 1. The van der Waals surface area contributed by atoms with Crippen LogP contribution >= 0.6 is 35.0 Å². The summed E-state index contributed by atoms with van der Waals surface area (Å²) in [5.74, 6) is 2.67. The average Bonchev–Trinajstić information content (AvgIpc) is 3.68. The second kappa shape index (κ2) is 10.2. The number of carbonyl (C=O) groups is 1. The number of pyridine rings is 1. The van der Waals surface area contributed by atoms with Crippen molar-refractivity contribution in [2.24, 2.45) is 22.7 Å². The van der Waals surface area contributed by atoms with E-state index in [1.165, 1.54) is 6.07 Å². The Morgan fingerprint density at radius 1 is 1.15 bits per heavy atom. The number of aromatic carboxylic acids is 1. The molecule has 8 nitrogen and oxygen atoms in total. The van der Waals surface area contributed by atoms with E-state index in [-0.39, 0.29) is 18.2 Å². The first kappa shape index (κ1) is 26.1. The van der Waals surface area contributed by atoms with E-state index in [2.05, 4.69) is 27.2 Å². The molecule has 40 heavy (non-hydrogen) atoms. The maximum Gasteiger partial charge on any atom is 0.335 e. The van der Waals surface area contributed by atoms with Crippen LogP contribution in [0.3, 0.4) is 0 Å². The Bertz CT molecular complexity index is 1540. The Kier molecular flexibility index (Phi) is 6.65. The predicted molar refractivity (Wildman–Crippen MR) is 155 cm³/mol. The number of nitrogens with zero attached hydrogens (tertiary/aromatic N) is 4. The molecule has 2 N–H and O–H groups in total. The van der Waals surface area contributed by atoms with Crippen LogP contribution in [0.1, 0.15) is 57.6 Å². The van der Waals surface area contributed by atoms with Crippen molar-refractivity contribution in [2.75, 3.05) is 18.8 Å². The first-order valence-electron chi connectivity index (χ1n) is 13.3. The Balaban J connectivity index is 1.05. The summed E-state index contributed by atoms with van der Waals surface area (Å²) in [4.78, 5) is 22.9. The number of piperidine rings is 1. The van der Waals surface area contributed by atoms with E-state index in [1.807, 2.05) is 6.07 Å². The molecule has 1 aromatic carbocycles. The molecule has 4 aliphatic rings. The van der Waals surface area contributed by atoms with Gasteiger partial charge in [0.15, 0.2) is 5.17 Å². The van der Waals surface area contributed by atoms with E-state index in [0.29, 0.717) is 50.5 Å². The molecular formula is C29H26Cl2N4O4S. The summed E-state index contributed by atoms with van der Waals surface area (Å²) in [6, 6.07) is 4.92. The number of hydrogen-bond acceptors (Lipinski definition) is 8. The molecule has 2 aliphatic heterocycles. The standard InChI is InChI=1S/C29H26Cl2N4O4S/c30-22-8-32-9-23(31)25(22)26-19(27(39-34-26)15-1-2-15)4-3-18-20-10-35(11-21(18)20)29-33-24(13-40-29)16-5-14(12-36)6-17(7-16)28(37)38/h3-9,15,18,20-21,24,36H,1-2,10-13H2,(H,37,38)/b4-3+. The van der Waals surface area contributed by atoms with Crippen LogP contribution in [0, 0.1) is 17.8 Å². The number of amidine groups is 1. The van der Waals surface area contributed by atoms with Crippen molar-refractivity contribution < 1.29 is 19.5 Å². The van der Waals surface area contributed by atoms with Crippen molar-refractivity contribution in [3.8, 4) is 11.3 Å². The zero-order valence-corrected chi connectivity index (χ0v) is 23.7. The van der Waals surface area contributed by atoms with E-state index < -0.39 is 5.97 Å². The zero-order chi connectivity index (χ0) is 27.5. The van der Waals surface area contributed by atoms with E-state index in [1.54, 1.807) is 30.2 Å². The average molecular weight is 598 g/mol. The Labute approximate surface area is 245 Å². The van der Waals surface area contributed by atoms with Crippen molar-refractivity contribution in [3.63, 3.8) is 0 Å². The summed E-state index contributed by atoms with van der Waals surface area (Å²) in [5.41, 5.74) is 3.89. The van der Waals surface area contributed by atoms with Crippen LogP contribution < -0.4 is 0 Å². The lowest BCUT2D eigenvalue weighted by atomic mass is 10.0. The van der Waals surface area contributed by atoms with Gasteiger partial charge in [-0.1, -0.05) is 58.3 Å². The second-order valence-corrected chi connectivity index (χ2v) is 12.7. The molecule has 3 unspecified atom stereocenters. The number of aliphatic imine (C=N–C) groups is 1. The molecule has 0 bridgehead atoms. The lowest BCUT2D eigenvalue weighted by molar-refractivity contribution is 0.0696. The number of likely N-dealkylation sites (tertiary alicyclic amines) is 1. The highest BCUT2D eigenvalue weighted by Crippen LogP contribution is 2.54. The number of fused-ring (bicyclic) bond motifs is 1. The topological polar surface area (TPSA) is 112 Å². The van der Waals surface area contributed by atoms with Crippen LogP contribution in [0.5, 0.6) is 0 Å². The Hall–Kier alpha value is -2.85. The molecular weight excluding hydrogens is 571 g/mol. The smallest absolute Gasteiger partial charge is 0.335 e. The van der Waals surface area contributed by atoms with Gasteiger partial charge < -0.3 is 19.6 Å². The van der Waals surface area contributed by atoms with Gasteiger partial charge in [-0.2, -0.15) is 0 Å². The second-order valence-electron chi connectivity index (χ2n) is 10.9. The summed E-state index contributed by atoms with van der Waals surface area (Å²) in [7, 11) is 0. The number of hydrogen-bond donors (Lipinski definition) is 2. The van der Waals surface area contributed by atoms with E-state index in [9.17, 15) is 15.0 Å². The van der Waals surface area contributed by atoms with Crippen LogP contribution in [0.4, 0.5) is 0 Å². The van der Waals surface area contributed by atoms with Crippen LogP contribution in [0.15, 0.2) is 46.2 Å². The maximum absolute atomic E-state index is 11.5. The first-order valence-corrected chi connectivity index (χ1v) is 15.1. The molecule has 0 radical (unpaired) electrons. The molecule has 4 heterocycles. The largest absolute Gasteiger partial charge is 0.478 e. The van der Waals surface area contributed by atoms with E-state index >= 15 is 0 Å². The van der Waals surface area contributed by atoms with Crippen LogP contribution in [-0.2, 0) is 6.61 Å². The molecule has 11 heteroatoms. The molecule has 2 aromatic heterocycles. The fraction of sp³-hybridized carbons (Fsp3) is 0.379. The minimum atomic E-state index is -1.00. The highest BCUT2D eigenvalue weighted by Gasteiger charge is 2.55. The number of thioether (sulfide) groups is 1. The van der Waals surface area contributed by atoms with Crippen LogP contribution in [-0.4, -0.2) is 55.2 Å². The number of halogens is 2. The van der Waals surface area contributed by atoms with Gasteiger partial charge in [-0.3, -0.25) is 9.98 Å². The number of carboxylic acid groups (broad SMARTS) is 1.